The van der Waals surface area contributed by atoms with E-state index in [9.17, 15) is 0 Å². The number of aromatic nitrogens is 1. The number of anilines is 1. The van der Waals surface area contributed by atoms with Crippen LogP contribution >= 0.6 is 0 Å². The van der Waals surface area contributed by atoms with Crippen LogP contribution in [0.25, 0.3) is 0 Å². The van der Waals surface area contributed by atoms with Gasteiger partial charge in [0.2, 0.25) is 0 Å². The molecule has 1 aliphatic heterocycles. The molecule has 1 aromatic rings. The molecular formula is C9H12N3. The van der Waals surface area contributed by atoms with Gasteiger partial charge in [-0.25, -0.2) is 5.32 Å². The van der Waals surface area contributed by atoms with E-state index in [0.29, 0.717) is 0 Å². The van der Waals surface area contributed by atoms with Gasteiger partial charge in [-0.15, -0.1) is 0 Å². The third-order valence-corrected chi connectivity index (χ3v) is 2.08. The number of hydrogen-bond donors (Lipinski definition) is 0. The van der Waals surface area contributed by atoms with Gasteiger partial charge in [-0.05, 0) is 12.1 Å². The van der Waals surface area contributed by atoms with Gasteiger partial charge in [-0.1, -0.05) is 0 Å². The van der Waals surface area contributed by atoms with E-state index in [1.165, 1.54) is 5.69 Å². The summed E-state index contributed by atoms with van der Waals surface area (Å²) in [5.41, 5.74) is 1.26. The van der Waals surface area contributed by atoms with Gasteiger partial charge in [0, 0.05) is 44.3 Å². The summed E-state index contributed by atoms with van der Waals surface area (Å²) < 4.78 is 0. The van der Waals surface area contributed by atoms with Crippen LogP contribution < -0.4 is 10.2 Å². The Morgan fingerprint density at radius 1 is 1.08 bits per heavy atom. The molecule has 0 N–H and O–H groups in total. The van der Waals surface area contributed by atoms with Crippen LogP contribution in [-0.2, 0) is 0 Å². The first kappa shape index (κ1) is 7.55. The van der Waals surface area contributed by atoms with Crippen molar-refractivity contribution in [1.29, 1.82) is 0 Å². The van der Waals surface area contributed by atoms with Gasteiger partial charge in [-0.2, -0.15) is 0 Å². The van der Waals surface area contributed by atoms with Crippen LogP contribution in [0.1, 0.15) is 0 Å². The first-order valence-corrected chi connectivity index (χ1v) is 4.25. The highest BCUT2D eigenvalue weighted by Crippen LogP contribution is 2.11. The van der Waals surface area contributed by atoms with Crippen molar-refractivity contribution in [2.75, 3.05) is 31.1 Å². The Bertz CT molecular complexity index is 229. The Balaban J connectivity index is 2.08. The number of pyridine rings is 1. The second-order valence-corrected chi connectivity index (χ2v) is 2.86. The lowest BCUT2D eigenvalue weighted by Crippen LogP contribution is -2.40. The Morgan fingerprint density at radius 2 is 1.75 bits per heavy atom. The van der Waals surface area contributed by atoms with E-state index in [2.05, 4.69) is 15.2 Å². The summed E-state index contributed by atoms with van der Waals surface area (Å²) in [6.07, 6.45) is 3.67. The number of rotatable bonds is 1. The molecule has 2 heterocycles. The molecule has 63 valence electrons. The molecule has 0 amide bonds. The van der Waals surface area contributed by atoms with Gasteiger partial charge >= 0.3 is 0 Å². The Labute approximate surface area is 72.4 Å². The fourth-order valence-corrected chi connectivity index (χ4v) is 1.42. The SMILES string of the molecule is c1cc(N2CC[N]CC2)ccn1. The van der Waals surface area contributed by atoms with E-state index in [0.717, 1.165) is 26.2 Å². The van der Waals surface area contributed by atoms with Gasteiger partial charge in [-0.3, -0.25) is 4.98 Å². The highest BCUT2D eigenvalue weighted by molar-refractivity contribution is 5.44. The zero-order chi connectivity index (χ0) is 8.23. The molecule has 0 atom stereocenters. The third kappa shape index (κ3) is 1.56. The van der Waals surface area contributed by atoms with E-state index < -0.39 is 0 Å². The maximum Gasteiger partial charge on any atom is 0.0397 e. The summed E-state index contributed by atoms with van der Waals surface area (Å²) in [4.78, 5) is 6.33. The summed E-state index contributed by atoms with van der Waals surface area (Å²) in [7, 11) is 0. The Kier molecular flexibility index (Phi) is 2.23. The van der Waals surface area contributed by atoms with Gasteiger partial charge in [0.25, 0.3) is 0 Å². The van der Waals surface area contributed by atoms with Crippen LogP contribution in [-0.4, -0.2) is 31.2 Å². The van der Waals surface area contributed by atoms with E-state index in [1.54, 1.807) is 0 Å². The molecule has 1 aromatic heterocycles. The Hall–Kier alpha value is -1.09. The lowest BCUT2D eigenvalue weighted by atomic mass is 10.3. The highest BCUT2D eigenvalue weighted by Gasteiger charge is 2.09. The van der Waals surface area contributed by atoms with Gasteiger partial charge in [0.15, 0.2) is 0 Å². The molecule has 3 nitrogen and oxygen atoms in total. The smallest absolute Gasteiger partial charge is 0.0397 e. The molecule has 1 saturated heterocycles. The normalized spacial score (nSPS) is 17.8. The van der Waals surface area contributed by atoms with Crippen molar-refractivity contribution in [2.24, 2.45) is 0 Å². The van der Waals surface area contributed by atoms with E-state index in [4.69, 9.17) is 0 Å². The van der Waals surface area contributed by atoms with E-state index >= 15 is 0 Å². The molecule has 3 heteroatoms. The molecule has 12 heavy (non-hydrogen) atoms. The van der Waals surface area contributed by atoms with Crippen LogP contribution in [0, 0.1) is 0 Å². The molecule has 0 saturated carbocycles. The van der Waals surface area contributed by atoms with Gasteiger partial charge in [0.05, 0.1) is 0 Å². The number of nitrogens with zero attached hydrogens (tertiary/aromatic N) is 3. The monoisotopic (exact) mass is 162 g/mol. The van der Waals surface area contributed by atoms with Gasteiger partial charge < -0.3 is 4.90 Å². The molecule has 0 aromatic carbocycles. The van der Waals surface area contributed by atoms with Crippen molar-refractivity contribution in [3.8, 4) is 0 Å². The molecule has 1 fully saturated rings. The van der Waals surface area contributed by atoms with Crippen LogP contribution in [0.15, 0.2) is 24.5 Å². The molecule has 0 spiro atoms. The van der Waals surface area contributed by atoms with Crippen molar-refractivity contribution in [3.63, 3.8) is 0 Å². The predicted molar refractivity (Wildman–Crippen MR) is 48.3 cm³/mol. The minimum atomic E-state index is 0.961. The molecule has 0 bridgehead atoms. The maximum absolute atomic E-state index is 4.30. The third-order valence-electron chi connectivity index (χ3n) is 2.08. The standard InChI is InChI=1S/C9H12N3/c1-3-10-4-2-9(1)12-7-5-11-6-8-12/h1-4H,5-8H2. The van der Waals surface area contributed by atoms with Crippen molar-refractivity contribution < 1.29 is 0 Å². The van der Waals surface area contributed by atoms with Crippen LogP contribution in [0.4, 0.5) is 5.69 Å². The maximum atomic E-state index is 4.30. The van der Waals surface area contributed by atoms with Gasteiger partial charge in [0.1, 0.15) is 0 Å². The van der Waals surface area contributed by atoms with Crippen molar-refractivity contribution in [2.45, 2.75) is 0 Å². The lowest BCUT2D eigenvalue weighted by molar-refractivity contribution is 0.579. The second-order valence-electron chi connectivity index (χ2n) is 2.86. The fraction of sp³-hybridized carbons (Fsp3) is 0.444. The topological polar surface area (TPSA) is 30.2 Å². The minimum absolute atomic E-state index is 0.961. The molecule has 1 radical (unpaired) electrons. The van der Waals surface area contributed by atoms with Crippen molar-refractivity contribution in [3.05, 3.63) is 24.5 Å². The van der Waals surface area contributed by atoms with Crippen molar-refractivity contribution >= 4 is 5.69 Å². The Morgan fingerprint density at radius 3 is 2.42 bits per heavy atom. The molecule has 1 aliphatic rings. The minimum Gasteiger partial charge on any atom is -0.369 e. The zero-order valence-corrected chi connectivity index (χ0v) is 6.98. The van der Waals surface area contributed by atoms with E-state index in [-0.39, 0.29) is 0 Å². The highest BCUT2D eigenvalue weighted by atomic mass is 15.2. The van der Waals surface area contributed by atoms with Crippen molar-refractivity contribution in [1.82, 2.24) is 10.3 Å². The number of hydrogen-bond acceptors (Lipinski definition) is 2. The molecule has 0 unspecified atom stereocenters. The summed E-state index contributed by atoms with van der Waals surface area (Å²) in [5, 5.41) is 4.30. The fourth-order valence-electron chi connectivity index (χ4n) is 1.42. The zero-order valence-electron chi connectivity index (χ0n) is 6.98. The largest absolute Gasteiger partial charge is 0.369 e. The first-order chi connectivity index (χ1) is 5.97. The predicted octanol–water partition coefficient (Wildman–Crippen LogP) is 0.506. The van der Waals surface area contributed by atoms with Crippen LogP contribution in [0.5, 0.6) is 0 Å². The average Bonchev–Trinajstić information content (AvgIpc) is 2.21. The molecule has 2 rings (SSSR count). The van der Waals surface area contributed by atoms with E-state index in [1.807, 2.05) is 24.5 Å². The quantitative estimate of drug-likeness (QED) is 0.602. The first-order valence-electron chi connectivity index (χ1n) is 4.25. The molecular weight excluding hydrogens is 150 g/mol. The summed E-state index contributed by atoms with van der Waals surface area (Å²) in [5.74, 6) is 0. The summed E-state index contributed by atoms with van der Waals surface area (Å²) >= 11 is 0. The molecule has 0 aliphatic carbocycles. The lowest BCUT2D eigenvalue weighted by Gasteiger charge is -2.28. The average molecular weight is 162 g/mol. The van der Waals surface area contributed by atoms with Crippen LogP contribution in [0.2, 0.25) is 0 Å². The summed E-state index contributed by atoms with van der Waals surface area (Å²) in [6, 6.07) is 4.09. The number of piperazine rings is 1. The second kappa shape index (κ2) is 3.54. The van der Waals surface area contributed by atoms with Crippen LogP contribution in [0.3, 0.4) is 0 Å². The summed E-state index contributed by atoms with van der Waals surface area (Å²) in [6.45, 7) is 4.01.